The van der Waals surface area contributed by atoms with Gasteiger partial charge >= 0.3 is 7.12 Å². The lowest BCUT2D eigenvalue weighted by Crippen LogP contribution is -2.37. The minimum atomic E-state index is -1.98. The lowest BCUT2D eigenvalue weighted by Gasteiger charge is -2.23. The van der Waals surface area contributed by atoms with Crippen molar-refractivity contribution >= 4 is 23.7 Å². The molecule has 0 spiro atoms. The van der Waals surface area contributed by atoms with E-state index in [4.69, 9.17) is 9.31 Å². The average molecular weight is 488 g/mol. The monoisotopic (exact) mass is 488 g/mol. The van der Waals surface area contributed by atoms with Crippen LogP contribution in [0.15, 0.2) is 72.6 Å². The molecule has 10 heteroatoms. The van der Waals surface area contributed by atoms with E-state index in [9.17, 15) is 26.3 Å². The van der Waals surface area contributed by atoms with Crippen molar-refractivity contribution in [1.82, 2.24) is 0 Å². The Kier molecular flexibility index (Phi) is 5.66. The summed E-state index contributed by atoms with van der Waals surface area (Å²) in [5, 5.41) is 1.19. The fraction of sp³-hybridized carbons (Fsp3) is 0.0400. The van der Waals surface area contributed by atoms with E-state index in [1.807, 2.05) is 0 Å². The van der Waals surface area contributed by atoms with Crippen LogP contribution in [-0.2, 0) is 0 Å². The Hall–Kier alpha value is -3.95. The van der Waals surface area contributed by atoms with Gasteiger partial charge in [-0.1, -0.05) is 42.5 Å². The van der Waals surface area contributed by atoms with Crippen LogP contribution in [0.3, 0.4) is 0 Å². The molecule has 0 radical (unpaired) electrons. The first kappa shape index (κ1) is 22.8. The summed E-state index contributed by atoms with van der Waals surface area (Å²) in [7, 11) is -1.98. The molecule has 1 aliphatic carbocycles. The molecule has 0 fully saturated rings. The largest absolute Gasteiger partial charge is 0.610 e. The average Bonchev–Trinajstić information content (AvgIpc) is 3.09. The number of rotatable bonds is 5. The van der Waals surface area contributed by atoms with Crippen molar-refractivity contribution in [3.8, 4) is 11.5 Å². The molecule has 0 saturated heterocycles. The summed E-state index contributed by atoms with van der Waals surface area (Å²) in [6, 6.07) is 13.9. The second-order valence-corrected chi connectivity index (χ2v) is 7.75. The lowest BCUT2D eigenvalue weighted by atomic mass is 9.68. The lowest BCUT2D eigenvalue weighted by molar-refractivity contribution is 0.376. The van der Waals surface area contributed by atoms with Crippen molar-refractivity contribution in [3.05, 3.63) is 113 Å². The van der Waals surface area contributed by atoms with Gasteiger partial charge in [-0.2, -0.15) is 4.39 Å². The van der Waals surface area contributed by atoms with Crippen LogP contribution < -0.4 is 9.31 Å². The van der Waals surface area contributed by atoms with Crippen molar-refractivity contribution in [3.63, 3.8) is 0 Å². The van der Waals surface area contributed by atoms with E-state index in [1.165, 1.54) is 6.07 Å². The van der Waals surface area contributed by atoms with Gasteiger partial charge in [-0.25, -0.2) is 26.3 Å². The quantitative estimate of drug-likeness (QED) is 0.165. The predicted octanol–water partition coefficient (Wildman–Crippen LogP) is 7.43. The summed E-state index contributed by atoms with van der Waals surface area (Å²) >= 11 is 0. The van der Waals surface area contributed by atoms with E-state index in [0.29, 0.717) is 22.9 Å². The number of fused-ring (bicyclic) bond motifs is 2. The normalized spacial score (nSPS) is 14.9. The third kappa shape index (κ3) is 3.88. The molecule has 0 aliphatic heterocycles. The highest BCUT2D eigenvalue weighted by atomic mass is 19.2. The van der Waals surface area contributed by atoms with Crippen LogP contribution in [0.25, 0.3) is 16.6 Å². The zero-order valence-electron chi connectivity index (χ0n) is 17.5. The summed E-state index contributed by atoms with van der Waals surface area (Å²) < 4.78 is 111. The van der Waals surface area contributed by atoms with Gasteiger partial charge in [0.25, 0.3) is 0 Å². The van der Waals surface area contributed by atoms with Crippen LogP contribution in [0.5, 0.6) is 11.5 Å². The second-order valence-electron chi connectivity index (χ2n) is 7.75. The summed E-state index contributed by atoms with van der Waals surface area (Å²) in [5.74, 6) is -13.5. The SMILES string of the molecule is FC1=C(F)C(B(Oc2cc(F)cc(F)c2F)Oc2cccc3ccccc23)c2ccc(F)c(F)c21. The first-order valence-electron chi connectivity index (χ1n) is 10.2. The summed E-state index contributed by atoms with van der Waals surface area (Å²) in [4.78, 5) is 0. The molecule has 2 nitrogen and oxygen atoms in total. The summed E-state index contributed by atoms with van der Waals surface area (Å²) in [5.41, 5.74) is -1.37. The first-order chi connectivity index (χ1) is 16.8. The minimum Gasteiger partial charge on any atom is -0.525 e. The van der Waals surface area contributed by atoms with Crippen molar-refractivity contribution in [2.24, 2.45) is 0 Å². The fourth-order valence-corrected chi connectivity index (χ4v) is 4.03. The van der Waals surface area contributed by atoms with Gasteiger partial charge in [0.05, 0.1) is 5.56 Å². The zero-order valence-corrected chi connectivity index (χ0v) is 17.5. The molecular weight excluding hydrogens is 476 g/mol. The molecule has 0 bridgehead atoms. The molecule has 4 aromatic rings. The van der Waals surface area contributed by atoms with Gasteiger partial charge in [-0.3, -0.25) is 0 Å². The smallest absolute Gasteiger partial charge is 0.525 e. The molecule has 5 rings (SSSR count). The molecule has 0 amide bonds. The topological polar surface area (TPSA) is 18.5 Å². The van der Waals surface area contributed by atoms with Crippen molar-refractivity contribution in [2.45, 2.75) is 5.82 Å². The van der Waals surface area contributed by atoms with Crippen molar-refractivity contribution in [1.29, 1.82) is 0 Å². The predicted molar refractivity (Wildman–Crippen MR) is 116 cm³/mol. The molecule has 176 valence electrons. The maximum Gasteiger partial charge on any atom is 0.610 e. The second kappa shape index (κ2) is 8.68. The van der Waals surface area contributed by atoms with Crippen molar-refractivity contribution in [2.75, 3.05) is 0 Å². The summed E-state index contributed by atoms with van der Waals surface area (Å²) in [6.45, 7) is 0. The molecule has 0 heterocycles. The molecule has 0 N–H and O–H groups in total. The minimum absolute atomic E-state index is 0.0784. The number of benzene rings is 4. The molecule has 1 aliphatic rings. The van der Waals surface area contributed by atoms with Gasteiger partial charge < -0.3 is 9.31 Å². The number of hydrogen-bond donors (Lipinski definition) is 0. The van der Waals surface area contributed by atoms with Crippen LogP contribution in [0.1, 0.15) is 16.9 Å². The maximum absolute atomic E-state index is 15.1. The van der Waals surface area contributed by atoms with E-state index in [1.54, 1.807) is 36.4 Å². The van der Waals surface area contributed by atoms with E-state index in [0.717, 1.165) is 6.07 Å². The van der Waals surface area contributed by atoms with Gasteiger partial charge in [0.2, 0.25) is 0 Å². The molecule has 1 unspecified atom stereocenters. The Morgan fingerprint density at radius 2 is 1.37 bits per heavy atom. The molecule has 4 aromatic carbocycles. The first-order valence-corrected chi connectivity index (χ1v) is 10.2. The Morgan fingerprint density at radius 3 is 2.17 bits per heavy atom. The molecule has 0 saturated carbocycles. The Balaban J connectivity index is 1.66. The van der Waals surface area contributed by atoms with Gasteiger partial charge in [-0.05, 0) is 23.1 Å². The third-order valence-electron chi connectivity index (χ3n) is 5.63. The number of hydrogen-bond acceptors (Lipinski definition) is 2. The van der Waals surface area contributed by atoms with Gasteiger partial charge in [0.15, 0.2) is 29.1 Å². The highest BCUT2D eigenvalue weighted by Crippen LogP contribution is 2.47. The third-order valence-corrected chi connectivity index (χ3v) is 5.63. The summed E-state index contributed by atoms with van der Waals surface area (Å²) in [6.07, 6.45) is 0. The van der Waals surface area contributed by atoms with Crippen LogP contribution >= 0.6 is 0 Å². The zero-order chi connectivity index (χ0) is 24.9. The van der Waals surface area contributed by atoms with Gasteiger partial charge in [0.1, 0.15) is 29.0 Å². The molecular formula is C25H12BF7O2. The van der Waals surface area contributed by atoms with E-state index in [-0.39, 0.29) is 17.4 Å². The standard InChI is InChI=1S/C25H12BF7O2/c27-13-10-17(29)22(30)19(11-13)35-26(34-18-7-3-5-12-4-1-2-6-14(12)18)21-15-8-9-16(28)23(31)20(15)24(32)25(21)33/h1-11,21H. The van der Waals surface area contributed by atoms with Gasteiger partial charge in [-0.15, -0.1) is 0 Å². The number of halogens is 7. The number of allylic oxidation sites excluding steroid dienone is 1. The van der Waals surface area contributed by atoms with E-state index in [2.05, 4.69) is 0 Å². The Bertz CT molecular complexity index is 1500. The van der Waals surface area contributed by atoms with E-state index < -0.39 is 65.0 Å². The highest BCUT2D eigenvalue weighted by molar-refractivity contribution is 6.50. The van der Waals surface area contributed by atoms with Crippen LogP contribution in [0, 0.1) is 29.1 Å². The van der Waals surface area contributed by atoms with E-state index >= 15 is 4.39 Å². The van der Waals surface area contributed by atoms with Gasteiger partial charge in [0, 0.05) is 17.5 Å². The fourth-order valence-electron chi connectivity index (χ4n) is 4.03. The maximum atomic E-state index is 15.1. The van der Waals surface area contributed by atoms with Crippen LogP contribution in [-0.4, -0.2) is 7.12 Å². The van der Waals surface area contributed by atoms with Crippen molar-refractivity contribution < 1.29 is 40.0 Å². The molecule has 35 heavy (non-hydrogen) atoms. The Labute approximate surface area is 194 Å². The molecule has 0 aromatic heterocycles. The van der Waals surface area contributed by atoms with Crippen LogP contribution in [0.2, 0.25) is 0 Å². The molecule has 1 atom stereocenters. The van der Waals surface area contributed by atoms with Crippen LogP contribution in [0.4, 0.5) is 30.7 Å². The Morgan fingerprint density at radius 1 is 0.657 bits per heavy atom. The highest BCUT2D eigenvalue weighted by Gasteiger charge is 2.48.